The number of aromatic amines is 1. The number of benzene rings is 1. The highest BCUT2D eigenvalue weighted by Gasteiger charge is 2.11. The second-order valence-corrected chi connectivity index (χ2v) is 6.70. The molecule has 0 aliphatic carbocycles. The Bertz CT molecular complexity index is 1360. The molecule has 0 spiro atoms. The van der Waals surface area contributed by atoms with Gasteiger partial charge in [-0.3, -0.25) is 19.9 Å². The largest absolute Gasteiger partial charge is 0.311 e. The summed E-state index contributed by atoms with van der Waals surface area (Å²) in [5, 5.41) is 11.5. The summed E-state index contributed by atoms with van der Waals surface area (Å²) in [6.07, 6.45) is 7.17. The monoisotopic (exact) mass is 380 g/mol. The van der Waals surface area contributed by atoms with Crippen molar-refractivity contribution in [2.75, 3.05) is 5.32 Å². The summed E-state index contributed by atoms with van der Waals surface area (Å²) in [4.78, 5) is 24.5. The molecule has 0 aliphatic heterocycles. The Morgan fingerprint density at radius 2 is 1.72 bits per heavy atom. The van der Waals surface area contributed by atoms with Crippen molar-refractivity contribution in [2.45, 2.75) is 6.92 Å². The van der Waals surface area contributed by atoms with E-state index in [1.807, 2.05) is 42.6 Å². The number of hydrogen-bond acceptors (Lipinski definition) is 5. The highest BCUT2D eigenvalue weighted by Crippen LogP contribution is 2.32. The molecule has 0 aliphatic rings. The lowest BCUT2D eigenvalue weighted by molar-refractivity contribution is -0.114. The van der Waals surface area contributed by atoms with E-state index in [2.05, 4.69) is 36.5 Å². The van der Waals surface area contributed by atoms with Crippen molar-refractivity contribution in [3.05, 3.63) is 67.3 Å². The number of amides is 1. The Kier molecular flexibility index (Phi) is 3.98. The predicted molar refractivity (Wildman–Crippen MR) is 112 cm³/mol. The minimum Gasteiger partial charge on any atom is -0.311 e. The van der Waals surface area contributed by atoms with Crippen LogP contribution in [0.2, 0.25) is 0 Å². The number of aromatic nitrogens is 5. The molecule has 7 nitrogen and oxygen atoms in total. The Labute approximate surface area is 165 Å². The number of rotatable bonds is 3. The summed E-state index contributed by atoms with van der Waals surface area (Å²) in [6, 6.07) is 14.1. The van der Waals surface area contributed by atoms with Crippen LogP contribution in [-0.2, 0) is 4.79 Å². The highest BCUT2D eigenvalue weighted by molar-refractivity contribution is 6.00. The van der Waals surface area contributed by atoms with Crippen LogP contribution in [0.5, 0.6) is 0 Å². The van der Waals surface area contributed by atoms with E-state index in [4.69, 9.17) is 0 Å². The molecule has 0 fully saturated rings. The van der Waals surface area contributed by atoms with E-state index in [-0.39, 0.29) is 5.91 Å². The van der Waals surface area contributed by atoms with Crippen LogP contribution < -0.4 is 5.32 Å². The summed E-state index contributed by atoms with van der Waals surface area (Å²) in [5.74, 6) is 0.376. The molecular formula is C22H16N6O. The number of nitrogens with one attached hydrogen (secondary N) is 2. The summed E-state index contributed by atoms with van der Waals surface area (Å²) in [6.45, 7) is 1.46. The number of hydrogen-bond donors (Lipinski definition) is 2. The van der Waals surface area contributed by atoms with Crippen LogP contribution in [0, 0.1) is 0 Å². The molecule has 2 N–H and O–H groups in total. The van der Waals surface area contributed by atoms with Gasteiger partial charge in [0.25, 0.3) is 0 Å². The molecule has 5 aromatic rings. The fourth-order valence-corrected chi connectivity index (χ4v) is 3.44. The van der Waals surface area contributed by atoms with Gasteiger partial charge in [0.1, 0.15) is 5.82 Å². The molecule has 4 heterocycles. The second kappa shape index (κ2) is 6.79. The minimum atomic E-state index is -0.167. The van der Waals surface area contributed by atoms with Gasteiger partial charge in [-0.05, 0) is 53.1 Å². The molecule has 7 heteroatoms. The molecule has 0 saturated carbocycles. The third-order valence-electron chi connectivity index (χ3n) is 4.78. The molecular weight excluding hydrogens is 364 g/mol. The van der Waals surface area contributed by atoms with E-state index in [1.54, 1.807) is 18.6 Å². The standard InChI is InChI=1S/C22H16N6O/c1-13(29)26-22-19-11-16(12-25-21(19)27-28-22)15-2-3-20-18(10-15)17(6-9-24-20)14-4-7-23-8-5-14/h2-12H,1H3,(H2,25,26,27,28,29). The summed E-state index contributed by atoms with van der Waals surface area (Å²) < 4.78 is 0. The number of nitrogens with zero attached hydrogens (tertiary/aromatic N) is 4. The number of pyridine rings is 3. The number of anilines is 1. The normalized spacial score (nSPS) is 11.1. The van der Waals surface area contributed by atoms with Crippen molar-refractivity contribution in [2.24, 2.45) is 0 Å². The lowest BCUT2D eigenvalue weighted by Crippen LogP contribution is -2.06. The van der Waals surface area contributed by atoms with Crippen molar-refractivity contribution < 1.29 is 4.79 Å². The smallest absolute Gasteiger partial charge is 0.222 e. The molecule has 0 bridgehead atoms. The fourth-order valence-electron chi connectivity index (χ4n) is 3.44. The highest BCUT2D eigenvalue weighted by atomic mass is 16.1. The van der Waals surface area contributed by atoms with Crippen LogP contribution in [0.1, 0.15) is 6.92 Å². The van der Waals surface area contributed by atoms with Crippen molar-refractivity contribution in [3.8, 4) is 22.3 Å². The fraction of sp³-hybridized carbons (Fsp3) is 0.0455. The van der Waals surface area contributed by atoms with E-state index >= 15 is 0 Å². The Hall–Kier alpha value is -4.13. The first-order valence-electron chi connectivity index (χ1n) is 9.10. The van der Waals surface area contributed by atoms with Crippen LogP contribution in [0.3, 0.4) is 0 Å². The SMILES string of the molecule is CC(=O)Nc1[nH]nc2ncc(-c3ccc4nccc(-c5ccncc5)c4c3)cc12. The molecule has 140 valence electrons. The molecule has 0 saturated heterocycles. The maximum Gasteiger partial charge on any atom is 0.222 e. The molecule has 1 aromatic carbocycles. The van der Waals surface area contributed by atoms with E-state index in [1.165, 1.54) is 6.92 Å². The number of H-pyrrole nitrogens is 1. The van der Waals surface area contributed by atoms with Crippen LogP contribution >= 0.6 is 0 Å². The van der Waals surface area contributed by atoms with Crippen LogP contribution in [0.25, 0.3) is 44.2 Å². The van der Waals surface area contributed by atoms with Gasteiger partial charge in [0.2, 0.25) is 5.91 Å². The zero-order valence-corrected chi connectivity index (χ0v) is 15.5. The van der Waals surface area contributed by atoms with Gasteiger partial charge < -0.3 is 5.32 Å². The molecule has 0 radical (unpaired) electrons. The average Bonchev–Trinajstić information content (AvgIpc) is 3.15. The topological polar surface area (TPSA) is 96.5 Å². The second-order valence-electron chi connectivity index (χ2n) is 6.70. The van der Waals surface area contributed by atoms with Crippen molar-refractivity contribution in [1.82, 2.24) is 25.1 Å². The van der Waals surface area contributed by atoms with Gasteiger partial charge in [0, 0.05) is 42.7 Å². The summed E-state index contributed by atoms with van der Waals surface area (Å²) in [7, 11) is 0. The van der Waals surface area contributed by atoms with Gasteiger partial charge in [0.15, 0.2) is 5.65 Å². The maximum absolute atomic E-state index is 11.4. The number of carbonyl (C=O) groups excluding carboxylic acids is 1. The van der Waals surface area contributed by atoms with E-state index in [0.29, 0.717) is 11.5 Å². The Balaban J connectivity index is 1.66. The van der Waals surface area contributed by atoms with Gasteiger partial charge >= 0.3 is 0 Å². The number of fused-ring (bicyclic) bond motifs is 2. The first kappa shape index (κ1) is 17.0. The van der Waals surface area contributed by atoms with Gasteiger partial charge in [-0.15, -0.1) is 0 Å². The molecule has 5 rings (SSSR count). The van der Waals surface area contributed by atoms with Crippen molar-refractivity contribution in [1.29, 1.82) is 0 Å². The van der Waals surface area contributed by atoms with Crippen LogP contribution in [0.15, 0.2) is 67.3 Å². The zero-order valence-electron chi connectivity index (χ0n) is 15.5. The summed E-state index contributed by atoms with van der Waals surface area (Å²) in [5.41, 5.74) is 5.58. The van der Waals surface area contributed by atoms with E-state index in [0.717, 1.165) is 38.5 Å². The predicted octanol–water partition coefficient (Wildman–Crippen LogP) is 4.19. The van der Waals surface area contributed by atoms with Gasteiger partial charge in [0.05, 0.1) is 10.9 Å². The maximum atomic E-state index is 11.4. The third kappa shape index (κ3) is 3.08. The number of carbonyl (C=O) groups is 1. The first-order valence-corrected chi connectivity index (χ1v) is 9.10. The Morgan fingerprint density at radius 3 is 2.55 bits per heavy atom. The van der Waals surface area contributed by atoms with Crippen molar-refractivity contribution >= 4 is 33.7 Å². The molecule has 0 atom stereocenters. The minimum absolute atomic E-state index is 0.167. The lowest BCUT2D eigenvalue weighted by atomic mass is 9.98. The van der Waals surface area contributed by atoms with Crippen LogP contribution in [0.4, 0.5) is 5.82 Å². The molecule has 1 amide bonds. The van der Waals surface area contributed by atoms with E-state index in [9.17, 15) is 4.79 Å². The quantitative estimate of drug-likeness (QED) is 0.489. The average molecular weight is 380 g/mol. The Morgan fingerprint density at radius 1 is 0.897 bits per heavy atom. The lowest BCUT2D eigenvalue weighted by Gasteiger charge is -2.09. The molecule has 0 unspecified atom stereocenters. The molecule has 4 aromatic heterocycles. The van der Waals surface area contributed by atoms with Gasteiger partial charge in [-0.25, -0.2) is 4.98 Å². The third-order valence-corrected chi connectivity index (χ3v) is 4.78. The van der Waals surface area contributed by atoms with Gasteiger partial charge in [-0.1, -0.05) is 6.07 Å². The van der Waals surface area contributed by atoms with E-state index < -0.39 is 0 Å². The first-order chi connectivity index (χ1) is 14.2. The summed E-state index contributed by atoms with van der Waals surface area (Å²) >= 11 is 0. The molecule has 29 heavy (non-hydrogen) atoms. The van der Waals surface area contributed by atoms with Gasteiger partial charge in [-0.2, -0.15) is 5.10 Å². The van der Waals surface area contributed by atoms with Crippen molar-refractivity contribution in [3.63, 3.8) is 0 Å². The zero-order chi connectivity index (χ0) is 19.8. The van der Waals surface area contributed by atoms with Crippen LogP contribution in [-0.4, -0.2) is 31.1 Å².